The SMILES string of the molecule is CNC(=O)c1cccc(NC(=O)COc2ccc(C3CCCCC3)cc2)c1. The number of benzene rings is 2. The van der Waals surface area contributed by atoms with Gasteiger partial charge in [0.2, 0.25) is 0 Å². The molecule has 0 aliphatic heterocycles. The Morgan fingerprint density at radius 1 is 1.04 bits per heavy atom. The van der Waals surface area contributed by atoms with Gasteiger partial charge in [0.1, 0.15) is 5.75 Å². The van der Waals surface area contributed by atoms with Gasteiger partial charge in [0.15, 0.2) is 6.61 Å². The van der Waals surface area contributed by atoms with Crippen LogP contribution in [0.15, 0.2) is 48.5 Å². The molecule has 5 nitrogen and oxygen atoms in total. The van der Waals surface area contributed by atoms with Crippen molar-refractivity contribution in [2.24, 2.45) is 0 Å². The van der Waals surface area contributed by atoms with Crippen molar-refractivity contribution in [3.63, 3.8) is 0 Å². The van der Waals surface area contributed by atoms with Crippen molar-refractivity contribution in [2.75, 3.05) is 19.0 Å². The summed E-state index contributed by atoms with van der Waals surface area (Å²) in [6.45, 7) is -0.0764. The first kappa shape index (κ1) is 19.0. The fraction of sp³-hybridized carbons (Fsp3) is 0.364. The minimum atomic E-state index is -0.264. The zero-order chi connectivity index (χ0) is 19.1. The van der Waals surface area contributed by atoms with Crippen molar-refractivity contribution in [2.45, 2.75) is 38.0 Å². The van der Waals surface area contributed by atoms with E-state index in [0.717, 1.165) is 0 Å². The highest BCUT2D eigenvalue weighted by molar-refractivity contribution is 5.97. The average molecular weight is 366 g/mol. The second-order valence-electron chi connectivity index (χ2n) is 6.90. The molecule has 1 aliphatic carbocycles. The predicted molar refractivity (Wildman–Crippen MR) is 106 cm³/mol. The molecule has 2 amide bonds. The summed E-state index contributed by atoms with van der Waals surface area (Å²) in [6.07, 6.45) is 6.49. The Hall–Kier alpha value is -2.82. The van der Waals surface area contributed by atoms with Gasteiger partial charge in [-0.1, -0.05) is 37.5 Å². The largest absolute Gasteiger partial charge is 0.484 e. The first-order valence-corrected chi connectivity index (χ1v) is 9.50. The summed E-state index contributed by atoms with van der Waals surface area (Å²) < 4.78 is 5.59. The Labute approximate surface area is 160 Å². The third-order valence-corrected chi connectivity index (χ3v) is 4.96. The van der Waals surface area contributed by atoms with Crippen molar-refractivity contribution in [3.05, 3.63) is 59.7 Å². The number of carbonyl (C=O) groups is 2. The van der Waals surface area contributed by atoms with Gasteiger partial charge >= 0.3 is 0 Å². The van der Waals surface area contributed by atoms with Crippen LogP contribution in [0.1, 0.15) is 53.9 Å². The summed E-state index contributed by atoms with van der Waals surface area (Å²) in [5.74, 6) is 0.883. The van der Waals surface area contributed by atoms with Crippen molar-refractivity contribution in [1.29, 1.82) is 0 Å². The maximum Gasteiger partial charge on any atom is 0.262 e. The highest BCUT2D eigenvalue weighted by Crippen LogP contribution is 2.33. The molecule has 0 heterocycles. The van der Waals surface area contributed by atoms with E-state index < -0.39 is 0 Å². The van der Waals surface area contributed by atoms with Crippen LogP contribution in [0.4, 0.5) is 5.69 Å². The highest BCUT2D eigenvalue weighted by Gasteiger charge is 2.15. The summed E-state index contributed by atoms with van der Waals surface area (Å²) in [7, 11) is 1.57. The molecule has 1 fully saturated rings. The fourth-order valence-electron chi connectivity index (χ4n) is 3.50. The molecule has 5 heteroatoms. The zero-order valence-corrected chi connectivity index (χ0v) is 15.7. The molecule has 142 valence electrons. The Bertz CT molecular complexity index is 780. The van der Waals surface area contributed by atoms with E-state index >= 15 is 0 Å². The summed E-state index contributed by atoms with van der Waals surface area (Å²) in [5, 5.41) is 5.31. The minimum absolute atomic E-state index is 0.0764. The van der Waals surface area contributed by atoms with Crippen LogP contribution < -0.4 is 15.4 Å². The molecule has 2 aromatic rings. The van der Waals surface area contributed by atoms with Crippen LogP contribution in [0, 0.1) is 0 Å². The molecule has 0 spiro atoms. The molecule has 0 atom stereocenters. The van der Waals surface area contributed by atoms with Crippen LogP contribution >= 0.6 is 0 Å². The topological polar surface area (TPSA) is 67.4 Å². The van der Waals surface area contributed by atoms with Gasteiger partial charge in [0.25, 0.3) is 11.8 Å². The van der Waals surface area contributed by atoms with Crippen LogP contribution in [0.5, 0.6) is 5.75 Å². The summed E-state index contributed by atoms with van der Waals surface area (Å²) >= 11 is 0. The molecule has 27 heavy (non-hydrogen) atoms. The Morgan fingerprint density at radius 3 is 2.48 bits per heavy atom. The van der Waals surface area contributed by atoms with Crippen molar-refractivity contribution in [1.82, 2.24) is 5.32 Å². The number of hydrogen-bond donors (Lipinski definition) is 2. The van der Waals surface area contributed by atoms with Crippen LogP contribution in [-0.2, 0) is 4.79 Å². The first-order chi connectivity index (χ1) is 13.2. The second kappa shape index (κ2) is 9.21. The monoisotopic (exact) mass is 366 g/mol. The highest BCUT2D eigenvalue weighted by atomic mass is 16.5. The Balaban J connectivity index is 1.51. The molecule has 3 rings (SSSR count). The van der Waals surface area contributed by atoms with E-state index in [1.54, 1.807) is 31.3 Å². The molecule has 0 aromatic heterocycles. The van der Waals surface area contributed by atoms with Gasteiger partial charge < -0.3 is 15.4 Å². The second-order valence-corrected chi connectivity index (χ2v) is 6.90. The van der Waals surface area contributed by atoms with Crippen molar-refractivity contribution >= 4 is 17.5 Å². The van der Waals surface area contributed by atoms with E-state index in [9.17, 15) is 9.59 Å². The van der Waals surface area contributed by atoms with Crippen LogP contribution in [-0.4, -0.2) is 25.5 Å². The normalized spacial score (nSPS) is 14.4. The van der Waals surface area contributed by atoms with E-state index in [1.165, 1.54) is 37.7 Å². The maximum atomic E-state index is 12.1. The van der Waals surface area contributed by atoms with Crippen molar-refractivity contribution < 1.29 is 14.3 Å². The molecular weight excluding hydrogens is 340 g/mol. The Morgan fingerprint density at radius 2 is 1.78 bits per heavy atom. The van der Waals surface area contributed by atoms with Gasteiger partial charge in [-0.15, -0.1) is 0 Å². The van der Waals surface area contributed by atoms with Gasteiger partial charge in [-0.25, -0.2) is 0 Å². The number of carbonyl (C=O) groups excluding carboxylic acids is 2. The molecule has 2 N–H and O–H groups in total. The Kier molecular flexibility index (Phi) is 6.47. The van der Waals surface area contributed by atoms with Crippen LogP contribution in [0.25, 0.3) is 0 Å². The smallest absolute Gasteiger partial charge is 0.262 e. The molecule has 0 radical (unpaired) electrons. The third-order valence-electron chi connectivity index (χ3n) is 4.96. The van der Waals surface area contributed by atoms with Crippen molar-refractivity contribution in [3.8, 4) is 5.75 Å². The molecule has 1 saturated carbocycles. The van der Waals surface area contributed by atoms with Gasteiger partial charge in [0.05, 0.1) is 0 Å². The average Bonchev–Trinajstić information content (AvgIpc) is 2.73. The molecule has 2 aromatic carbocycles. The van der Waals surface area contributed by atoms with E-state index in [0.29, 0.717) is 22.9 Å². The number of ether oxygens (including phenoxy) is 1. The van der Waals surface area contributed by atoms with Gasteiger partial charge in [-0.2, -0.15) is 0 Å². The fourth-order valence-corrected chi connectivity index (χ4v) is 3.50. The quantitative estimate of drug-likeness (QED) is 0.808. The number of hydrogen-bond acceptors (Lipinski definition) is 3. The summed E-state index contributed by atoms with van der Waals surface area (Å²) in [6, 6.07) is 14.9. The third kappa shape index (κ3) is 5.33. The lowest BCUT2D eigenvalue weighted by atomic mass is 9.84. The molecule has 0 bridgehead atoms. The van der Waals surface area contributed by atoms with E-state index in [1.807, 2.05) is 12.1 Å². The lowest BCUT2D eigenvalue weighted by molar-refractivity contribution is -0.118. The van der Waals surface area contributed by atoms with E-state index in [4.69, 9.17) is 4.74 Å². The van der Waals surface area contributed by atoms with Crippen LogP contribution in [0.2, 0.25) is 0 Å². The van der Waals surface area contributed by atoms with E-state index in [-0.39, 0.29) is 18.4 Å². The van der Waals surface area contributed by atoms with Gasteiger partial charge in [-0.3, -0.25) is 9.59 Å². The van der Waals surface area contributed by atoms with Crippen LogP contribution in [0.3, 0.4) is 0 Å². The minimum Gasteiger partial charge on any atom is -0.484 e. The number of amides is 2. The lowest BCUT2D eigenvalue weighted by Gasteiger charge is -2.22. The molecular formula is C22H26N2O3. The zero-order valence-electron chi connectivity index (χ0n) is 15.7. The predicted octanol–water partition coefficient (Wildman–Crippen LogP) is 4.11. The number of nitrogens with one attached hydrogen (secondary N) is 2. The summed E-state index contributed by atoms with van der Waals surface area (Å²) in [4.78, 5) is 23.8. The first-order valence-electron chi connectivity index (χ1n) is 9.50. The van der Waals surface area contributed by atoms with Gasteiger partial charge in [-0.05, 0) is 54.7 Å². The van der Waals surface area contributed by atoms with E-state index in [2.05, 4.69) is 22.8 Å². The van der Waals surface area contributed by atoms with Gasteiger partial charge in [0, 0.05) is 18.3 Å². The maximum absolute atomic E-state index is 12.1. The summed E-state index contributed by atoms with van der Waals surface area (Å²) in [5.41, 5.74) is 2.42. The number of anilines is 1. The lowest BCUT2D eigenvalue weighted by Crippen LogP contribution is -2.21. The molecule has 0 unspecified atom stereocenters. The number of rotatable bonds is 6. The molecule has 0 saturated heterocycles. The standard InChI is InChI=1S/C22H26N2O3/c1-23-22(26)18-8-5-9-19(14-18)24-21(25)15-27-20-12-10-17(11-13-20)16-6-3-2-4-7-16/h5,8-14,16H,2-4,6-7,15H2,1H3,(H,23,26)(H,24,25). The molecule has 1 aliphatic rings.